The Labute approximate surface area is 141 Å². The average molecular weight is 334 g/mol. The van der Waals surface area contributed by atoms with Crippen LogP contribution in [0.1, 0.15) is 19.4 Å². The minimum atomic E-state index is -0.601. The SMILES string of the molecule is CCOc1ccc(OC(C)C(=O)NCc2ccccc2Cl)cc1. The summed E-state index contributed by atoms with van der Waals surface area (Å²) in [6, 6.07) is 14.6. The van der Waals surface area contributed by atoms with Crippen LogP contribution in [0.25, 0.3) is 0 Å². The Bertz CT molecular complexity index is 643. The molecule has 5 heteroatoms. The van der Waals surface area contributed by atoms with Gasteiger partial charge in [-0.3, -0.25) is 4.79 Å². The van der Waals surface area contributed by atoms with Gasteiger partial charge in [0.15, 0.2) is 6.10 Å². The number of rotatable bonds is 7. The smallest absolute Gasteiger partial charge is 0.261 e. The Morgan fingerprint density at radius 3 is 2.43 bits per heavy atom. The number of ether oxygens (including phenoxy) is 2. The number of benzene rings is 2. The van der Waals surface area contributed by atoms with Crippen LogP contribution in [0.4, 0.5) is 0 Å². The van der Waals surface area contributed by atoms with Crippen LogP contribution in [0.5, 0.6) is 11.5 Å². The molecule has 0 spiro atoms. The van der Waals surface area contributed by atoms with Gasteiger partial charge in [-0.15, -0.1) is 0 Å². The Morgan fingerprint density at radius 1 is 1.13 bits per heavy atom. The lowest BCUT2D eigenvalue weighted by atomic mass is 10.2. The predicted octanol–water partition coefficient (Wildman–Crippen LogP) is 3.82. The van der Waals surface area contributed by atoms with Crippen molar-refractivity contribution < 1.29 is 14.3 Å². The van der Waals surface area contributed by atoms with E-state index in [9.17, 15) is 4.79 Å². The van der Waals surface area contributed by atoms with Gasteiger partial charge in [-0.05, 0) is 49.7 Å². The van der Waals surface area contributed by atoms with Crippen LogP contribution < -0.4 is 14.8 Å². The first-order valence-electron chi connectivity index (χ1n) is 7.50. The Hall–Kier alpha value is -2.20. The van der Waals surface area contributed by atoms with Gasteiger partial charge in [-0.25, -0.2) is 0 Å². The molecule has 1 amide bonds. The lowest BCUT2D eigenvalue weighted by molar-refractivity contribution is -0.127. The van der Waals surface area contributed by atoms with Crippen molar-refractivity contribution in [2.45, 2.75) is 26.5 Å². The molecule has 23 heavy (non-hydrogen) atoms. The van der Waals surface area contributed by atoms with Gasteiger partial charge in [0.05, 0.1) is 6.61 Å². The highest BCUT2D eigenvalue weighted by Gasteiger charge is 2.14. The monoisotopic (exact) mass is 333 g/mol. The van der Waals surface area contributed by atoms with Crippen LogP contribution >= 0.6 is 11.6 Å². The summed E-state index contributed by atoms with van der Waals surface area (Å²) in [7, 11) is 0. The van der Waals surface area contributed by atoms with Gasteiger partial charge in [-0.1, -0.05) is 29.8 Å². The van der Waals surface area contributed by atoms with Crippen LogP contribution in [0.2, 0.25) is 5.02 Å². The zero-order chi connectivity index (χ0) is 16.7. The molecular weight excluding hydrogens is 314 g/mol. The van der Waals surface area contributed by atoms with Crippen LogP contribution in [0.3, 0.4) is 0 Å². The van der Waals surface area contributed by atoms with Crippen molar-refractivity contribution in [3.8, 4) is 11.5 Å². The van der Waals surface area contributed by atoms with Crippen molar-refractivity contribution in [2.75, 3.05) is 6.61 Å². The van der Waals surface area contributed by atoms with Crippen molar-refractivity contribution in [2.24, 2.45) is 0 Å². The van der Waals surface area contributed by atoms with Crippen LogP contribution in [0, 0.1) is 0 Å². The summed E-state index contributed by atoms with van der Waals surface area (Å²) in [6.07, 6.45) is -0.601. The average Bonchev–Trinajstić information content (AvgIpc) is 2.56. The first-order chi connectivity index (χ1) is 11.1. The van der Waals surface area contributed by atoms with E-state index in [0.717, 1.165) is 11.3 Å². The second kappa shape index (κ2) is 8.44. The van der Waals surface area contributed by atoms with E-state index in [4.69, 9.17) is 21.1 Å². The van der Waals surface area contributed by atoms with E-state index in [0.29, 0.717) is 23.9 Å². The zero-order valence-corrected chi connectivity index (χ0v) is 14.0. The summed E-state index contributed by atoms with van der Waals surface area (Å²) in [6.45, 7) is 4.62. The third-order valence-corrected chi connectivity index (χ3v) is 3.60. The molecule has 4 nitrogen and oxygen atoms in total. The molecule has 2 aromatic rings. The number of hydrogen-bond donors (Lipinski definition) is 1. The number of amides is 1. The number of carbonyl (C=O) groups is 1. The fourth-order valence-electron chi connectivity index (χ4n) is 2.01. The molecule has 0 aliphatic carbocycles. The van der Waals surface area contributed by atoms with E-state index >= 15 is 0 Å². The van der Waals surface area contributed by atoms with Gasteiger partial charge in [0.2, 0.25) is 0 Å². The number of nitrogens with one attached hydrogen (secondary N) is 1. The molecular formula is C18H20ClNO3. The topological polar surface area (TPSA) is 47.6 Å². The Balaban J connectivity index is 1.86. The second-order valence-electron chi connectivity index (χ2n) is 4.97. The maximum atomic E-state index is 12.1. The number of carbonyl (C=O) groups excluding carboxylic acids is 1. The quantitative estimate of drug-likeness (QED) is 0.837. The third-order valence-electron chi connectivity index (χ3n) is 3.23. The van der Waals surface area contributed by atoms with Crippen LogP contribution in [-0.2, 0) is 11.3 Å². The van der Waals surface area contributed by atoms with Gasteiger partial charge in [0.25, 0.3) is 5.91 Å². The van der Waals surface area contributed by atoms with Gasteiger partial charge < -0.3 is 14.8 Å². The van der Waals surface area contributed by atoms with Crippen LogP contribution in [-0.4, -0.2) is 18.6 Å². The number of hydrogen-bond acceptors (Lipinski definition) is 3. The molecule has 0 radical (unpaired) electrons. The summed E-state index contributed by atoms with van der Waals surface area (Å²) >= 11 is 6.06. The molecule has 1 atom stereocenters. The first kappa shape index (κ1) is 17.2. The van der Waals surface area contributed by atoms with E-state index in [-0.39, 0.29) is 5.91 Å². The Kier molecular flexibility index (Phi) is 6.29. The largest absolute Gasteiger partial charge is 0.494 e. The lowest BCUT2D eigenvalue weighted by Gasteiger charge is -2.15. The molecule has 0 aromatic heterocycles. The minimum absolute atomic E-state index is 0.196. The Morgan fingerprint density at radius 2 is 1.78 bits per heavy atom. The highest BCUT2D eigenvalue weighted by atomic mass is 35.5. The minimum Gasteiger partial charge on any atom is -0.494 e. The maximum absolute atomic E-state index is 12.1. The first-order valence-corrected chi connectivity index (χ1v) is 7.88. The lowest BCUT2D eigenvalue weighted by Crippen LogP contribution is -2.35. The highest BCUT2D eigenvalue weighted by Crippen LogP contribution is 2.19. The fourth-order valence-corrected chi connectivity index (χ4v) is 2.21. The van der Waals surface area contributed by atoms with Crippen molar-refractivity contribution in [3.63, 3.8) is 0 Å². The molecule has 0 saturated heterocycles. The van der Waals surface area contributed by atoms with Gasteiger partial charge in [-0.2, -0.15) is 0 Å². The molecule has 2 aromatic carbocycles. The van der Waals surface area contributed by atoms with E-state index in [2.05, 4.69) is 5.32 Å². The summed E-state index contributed by atoms with van der Waals surface area (Å²) in [4.78, 5) is 12.1. The summed E-state index contributed by atoms with van der Waals surface area (Å²) in [5.41, 5.74) is 0.871. The molecule has 0 aliphatic heterocycles. The standard InChI is InChI=1S/C18H20ClNO3/c1-3-22-15-8-10-16(11-9-15)23-13(2)18(21)20-12-14-6-4-5-7-17(14)19/h4-11,13H,3,12H2,1-2H3,(H,20,21). The predicted molar refractivity (Wildman–Crippen MR) is 91.0 cm³/mol. The molecule has 2 rings (SSSR count). The maximum Gasteiger partial charge on any atom is 0.261 e. The highest BCUT2D eigenvalue weighted by molar-refractivity contribution is 6.31. The zero-order valence-electron chi connectivity index (χ0n) is 13.2. The summed E-state index contributed by atoms with van der Waals surface area (Å²) in [5.74, 6) is 1.20. The van der Waals surface area contributed by atoms with Crippen molar-refractivity contribution in [3.05, 3.63) is 59.1 Å². The molecule has 1 unspecified atom stereocenters. The summed E-state index contributed by atoms with van der Waals surface area (Å²) < 4.78 is 11.0. The van der Waals surface area contributed by atoms with Crippen molar-refractivity contribution in [1.29, 1.82) is 0 Å². The van der Waals surface area contributed by atoms with E-state index < -0.39 is 6.10 Å². The molecule has 0 saturated carbocycles. The normalized spacial score (nSPS) is 11.6. The fraction of sp³-hybridized carbons (Fsp3) is 0.278. The van der Waals surface area contributed by atoms with E-state index in [1.54, 1.807) is 25.1 Å². The van der Waals surface area contributed by atoms with Gasteiger partial charge in [0, 0.05) is 11.6 Å². The molecule has 0 heterocycles. The molecule has 0 bridgehead atoms. The van der Waals surface area contributed by atoms with E-state index in [1.807, 2.05) is 37.3 Å². The molecule has 122 valence electrons. The number of halogens is 1. The van der Waals surface area contributed by atoms with Gasteiger partial charge >= 0.3 is 0 Å². The second-order valence-corrected chi connectivity index (χ2v) is 5.38. The molecule has 0 aliphatic rings. The van der Waals surface area contributed by atoms with Crippen LogP contribution in [0.15, 0.2) is 48.5 Å². The van der Waals surface area contributed by atoms with Crippen molar-refractivity contribution >= 4 is 17.5 Å². The third kappa shape index (κ3) is 5.18. The van der Waals surface area contributed by atoms with Crippen molar-refractivity contribution in [1.82, 2.24) is 5.32 Å². The van der Waals surface area contributed by atoms with E-state index in [1.165, 1.54) is 0 Å². The summed E-state index contributed by atoms with van der Waals surface area (Å²) in [5, 5.41) is 3.45. The molecule has 0 fully saturated rings. The molecule has 1 N–H and O–H groups in total. The van der Waals surface area contributed by atoms with Gasteiger partial charge in [0.1, 0.15) is 11.5 Å².